The monoisotopic (exact) mass is 311 g/mol. The number of pyridine rings is 1. The third kappa shape index (κ3) is 3.10. The summed E-state index contributed by atoms with van der Waals surface area (Å²) in [6.07, 6.45) is 1.72. The second kappa shape index (κ2) is 5.37. The first-order valence-electron chi connectivity index (χ1n) is 4.99. The highest BCUT2D eigenvalue weighted by atomic mass is 79.9. The zero-order valence-corrected chi connectivity index (χ0v) is 11.5. The fraction of sp³-hybridized carbons (Fsp3) is 0.182. The van der Waals surface area contributed by atoms with Gasteiger partial charge in [0.1, 0.15) is 15.3 Å². The van der Waals surface area contributed by atoms with Crippen molar-refractivity contribution >= 4 is 33.2 Å². The molecule has 4 nitrogen and oxygen atoms in total. The fourth-order valence-corrected chi connectivity index (χ4v) is 2.30. The molecule has 2 aromatic heterocycles. The molecule has 0 saturated carbocycles. The molecule has 0 aliphatic carbocycles. The summed E-state index contributed by atoms with van der Waals surface area (Å²) in [5, 5.41) is 5.62. The third-order valence-electron chi connectivity index (χ3n) is 2.12. The van der Waals surface area contributed by atoms with Crippen molar-refractivity contribution in [2.24, 2.45) is 0 Å². The fourth-order valence-electron chi connectivity index (χ4n) is 1.32. The lowest BCUT2D eigenvalue weighted by Crippen LogP contribution is -2.27. The van der Waals surface area contributed by atoms with Crippen molar-refractivity contribution < 1.29 is 4.79 Å². The predicted octanol–water partition coefficient (Wildman–Crippen LogP) is 2.79. The van der Waals surface area contributed by atoms with E-state index in [1.165, 1.54) is 11.3 Å². The number of amides is 1. The van der Waals surface area contributed by atoms with Crippen LogP contribution in [0.1, 0.15) is 28.5 Å². The van der Waals surface area contributed by atoms with Crippen molar-refractivity contribution in [3.8, 4) is 0 Å². The van der Waals surface area contributed by atoms with Crippen LogP contribution in [-0.2, 0) is 0 Å². The first kappa shape index (κ1) is 12.2. The Morgan fingerprint density at radius 1 is 1.53 bits per heavy atom. The van der Waals surface area contributed by atoms with Crippen molar-refractivity contribution in [2.45, 2.75) is 13.0 Å². The molecule has 2 heterocycles. The van der Waals surface area contributed by atoms with E-state index >= 15 is 0 Å². The van der Waals surface area contributed by atoms with Crippen LogP contribution in [0, 0.1) is 0 Å². The van der Waals surface area contributed by atoms with Gasteiger partial charge in [0.2, 0.25) is 0 Å². The molecule has 0 spiro atoms. The van der Waals surface area contributed by atoms with Gasteiger partial charge in [0, 0.05) is 11.6 Å². The first-order chi connectivity index (χ1) is 8.16. The third-order valence-corrected chi connectivity index (χ3v) is 3.52. The van der Waals surface area contributed by atoms with E-state index in [-0.39, 0.29) is 11.9 Å². The number of hydrogen-bond acceptors (Lipinski definition) is 4. The van der Waals surface area contributed by atoms with E-state index in [1.54, 1.807) is 24.4 Å². The highest BCUT2D eigenvalue weighted by Crippen LogP contribution is 2.15. The number of carbonyl (C=O) groups excluding carboxylic acids is 1. The molecule has 0 fully saturated rings. The molecule has 1 atom stereocenters. The molecule has 0 saturated heterocycles. The van der Waals surface area contributed by atoms with Crippen LogP contribution in [0.5, 0.6) is 0 Å². The van der Waals surface area contributed by atoms with Crippen molar-refractivity contribution in [3.05, 3.63) is 45.1 Å². The lowest BCUT2D eigenvalue weighted by Gasteiger charge is -2.10. The van der Waals surface area contributed by atoms with Gasteiger partial charge in [0.05, 0.1) is 6.04 Å². The van der Waals surface area contributed by atoms with Gasteiger partial charge in [-0.05, 0) is 35.0 Å². The van der Waals surface area contributed by atoms with Gasteiger partial charge in [0.15, 0.2) is 0 Å². The van der Waals surface area contributed by atoms with Crippen LogP contribution in [0.2, 0.25) is 0 Å². The molecule has 6 heteroatoms. The topological polar surface area (TPSA) is 54.9 Å². The minimum absolute atomic E-state index is 0.108. The zero-order chi connectivity index (χ0) is 12.3. The average Bonchev–Trinajstić information content (AvgIpc) is 2.82. The summed E-state index contributed by atoms with van der Waals surface area (Å²) >= 11 is 4.75. The predicted molar refractivity (Wildman–Crippen MR) is 69.9 cm³/mol. The largest absolute Gasteiger partial charge is 0.342 e. The number of nitrogens with zero attached hydrogens (tertiary/aromatic N) is 2. The molecule has 1 unspecified atom stereocenters. The standard InChI is InChI=1S/C11H10BrN3OS/c1-7(11-13-5-6-17-11)14-10(16)8-3-2-4-9(12)15-8/h2-7H,1H3,(H,14,16). The Bertz CT molecular complexity index is 515. The SMILES string of the molecule is CC(NC(=O)c1cccc(Br)n1)c1nccs1. The molecular weight excluding hydrogens is 302 g/mol. The molecule has 88 valence electrons. The normalized spacial score (nSPS) is 12.1. The number of rotatable bonds is 3. The summed E-state index contributed by atoms with van der Waals surface area (Å²) in [5.74, 6) is -0.200. The van der Waals surface area contributed by atoms with Crippen LogP contribution in [-0.4, -0.2) is 15.9 Å². The molecule has 2 rings (SSSR count). The van der Waals surface area contributed by atoms with Gasteiger partial charge in [0.25, 0.3) is 5.91 Å². The molecule has 2 aromatic rings. The molecule has 0 aliphatic rings. The summed E-state index contributed by atoms with van der Waals surface area (Å²) < 4.78 is 0.645. The Hall–Kier alpha value is -1.27. The number of thiazole rings is 1. The number of carbonyl (C=O) groups is 1. The zero-order valence-electron chi connectivity index (χ0n) is 9.05. The van der Waals surface area contributed by atoms with E-state index in [0.29, 0.717) is 10.3 Å². The van der Waals surface area contributed by atoms with Crippen molar-refractivity contribution in [1.29, 1.82) is 0 Å². The van der Waals surface area contributed by atoms with E-state index in [9.17, 15) is 4.79 Å². The molecule has 0 aromatic carbocycles. The minimum atomic E-state index is -0.200. The van der Waals surface area contributed by atoms with Gasteiger partial charge >= 0.3 is 0 Å². The highest BCUT2D eigenvalue weighted by molar-refractivity contribution is 9.10. The van der Waals surface area contributed by atoms with E-state index in [1.807, 2.05) is 12.3 Å². The Morgan fingerprint density at radius 3 is 3.00 bits per heavy atom. The van der Waals surface area contributed by atoms with Crippen LogP contribution >= 0.6 is 27.3 Å². The number of hydrogen-bond donors (Lipinski definition) is 1. The minimum Gasteiger partial charge on any atom is -0.342 e. The molecule has 1 amide bonds. The quantitative estimate of drug-likeness (QED) is 0.887. The molecule has 0 aliphatic heterocycles. The second-order valence-corrected chi connectivity index (χ2v) is 5.15. The van der Waals surface area contributed by atoms with Crippen LogP contribution in [0.4, 0.5) is 0 Å². The van der Waals surface area contributed by atoms with Crippen molar-refractivity contribution in [3.63, 3.8) is 0 Å². The Morgan fingerprint density at radius 2 is 2.35 bits per heavy atom. The lowest BCUT2D eigenvalue weighted by molar-refractivity contribution is 0.0934. The maximum Gasteiger partial charge on any atom is 0.270 e. The van der Waals surface area contributed by atoms with Crippen molar-refractivity contribution in [2.75, 3.05) is 0 Å². The summed E-state index contributed by atoms with van der Waals surface area (Å²) in [4.78, 5) is 20.1. The maximum absolute atomic E-state index is 11.9. The van der Waals surface area contributed by atoms with Gasteiger partial charge in [-0.25, -0.2) is 9.97 Å². The first-order valence-corrected chi connectivity index (χ1v) is 6.67. The van der Waals surface area contributed by atoms with E-state index in [2.05, 4.69) is 31.2 Å². The molecule has 0 radical (unpaired) electrons. The maximum atomic E-state index is 11.9. The number of nitrogens with one attached hydrogen (secondary N) is 1. The molecule has 17 heavy (non-hydrogen) atoms. The van der Waals surface area contributed by atoms with Crippen LogP contribution < -0.4 is 5.32 Å². The second-order valence-electron chi connectivity index (χ2n) is 3.41. The Labute approximate surface area is 111 Å². The Kier molecular flexibility index (Phi) is 3.86. The smallest absolute Gasteiger partial charge is 0.270 e. The highest BCUT2D eigenvalue weighted by Gasteiger charge is 2.14. The van der Waals surface area contributed by atoms with E-state index < -0.39 is 0 Å². The van der Waals surface area contributed by atoms with Gasteiger partial charge in [-0.15, -0.1) is 11.3 Å². The summed E-state index contributed by atoms with van der Waals surface area (Å²) in [7, 11) is 0. The van der Waals surface area contributed by atoms with Gasteiger partial charge < -0.3 is 5.32 Å². The van der Waals surface area contributed by atoms with Crippen molar-refractivity contribution in [1.82, 2.24) is 15.3 Å². The summed E-state index contributed by atoms with van der Waals surface area (Å²) in [5.41, 5.74) is 0.391. The molecule has 0 bridgehead atoms. The van der Waals surface area contributed by atoms with E-state index in [4.69, 9.17) is 0 Å². The average molecular weight is 312 g/mol. The summed E-state index contributed by atoms with van der Waals surface area (Å²) in [6.45, 7) is 1.90. The molecule has 1 N–H and O–H groups in total. The van der Waals surface area contributed by atoms with Gasteiger partial charge in [-0.3, -0.25) is 4.79 Å². The molecular formula is C11H10BrN3OS. The van der Waals surface area contributed by atoms with Crippen LogP contribution in [0.25, 0.3) is 0 Å². The number of aromatic nitrogens is 2. The van der Waals surface area contributed by atoms with Crippen LogP contribution in [0.15, 0.2) is 34.4 Å². The lowest BCUT2D eigenvalue weighted by atomic mass is 10.3. The number of halogens is 1. The van der Waals surface area contributed by atoms with Gasteiger partial charge in [-0.1, -0.05) is 6.07 Å². The summed E-state index contributed by atoms with van der Waals surface area (Å²) in [6, 6.07) is 5.12. The van der Waals surface area contributed by atoms with Crippen LogP contribution in [0.3, 0.4) is 0 Å². The van der Waals surface area contributed by atoms with E-state index in [0.717, 1.165) is 5.01 Å². The van der Waals surface area contributed by atoms with Gasteiger partial charge in [-0.2, -0.15) is 0 Å². The Balaban J connectivity index is 2.07.